The lowest BCUT2D eigenvalue weighted by molar-refractivity contribution is 0.196. The number of fused-ring (bicyclic) bond motifs is 5. The van der Waals surface area contributed by atoms with Gasteiger partial charge < -0.3 is 4.74 Å². The Labute approximate surface area is 280 Å². The number of thioether (sulfide) groups is 1. The quantitative estimate of drug-likeness (QED) is 0.199. The van der Waals surface area contributed by atoms with Crippen LogP contribution in [0.2, 0.25) is 0 Å². The van der Waals surface area contributed by atoms with Crippen molar-refractivity contribution in [2.75, 3.05) is 0 Å². The molecule has 2 aliphatic heterocycles. The molecule has 3 unspecified atom stereocenters. The van der Waals surface area contributed by atoms with Crippen LogP contribution in [0.3, 0.4) is 0 Å². The van der Waals surface area contributed by atoms with Gasteiger partial charge in [-0.2, -0.15) is 0 Å². The second kappa shape index (κ2) is 11.1. The van der Waals surface area contributed by atoms with Gasteiger partial charge in [0.25, 0.3) is 0 Å². The summed E-state index contributed by atoms with van der Waals surface area (Å²) in [6.07, 6.45) is 16.6. The summed E-state index contributed by atoms with van der Waals surface area (Å²) in [5, 5.41) is 0.460. The van der Waals surface area contributed by atoms with Crippen LogP contribution >= 0.6 is 11.8 Å². The van der Waals surface area contributed by atoms with Crippen molar-refractivity contribution in [3.05, 3.63) is 156 Å². The lowest BCUT2D eigenvalue weighted by atomic mass is 9.71. The first kappa shape index (κ1) is 28.3. The average molecular weight is 627 g/mol. The zero-order valence-electron chi connectivity index (χ0n) is 26.4. The molecule has 0 radical (unpaired) electrons. The summed E-state index contributed by atoms with van der Waals surface area (Å²) in [5.41, 5.74) is 11.1. The molecule has 4 aromatic carbocycles. The van der Waals surface area contributed by atoms with Crippen LogP contribution in [0.1, 0.15) is 37.3 Å². The van der Waals surface area contributed by atoms with Crippen LogP contribution in [0.5, 0.6) is 5.75 Å². The molecule has 0 spiro atoms. The van der Waals surface area contributed by atoms with Crippen molar-refractivity contribution >= 4 is 11.8 Å². The average Bonchev–Trinajstić information content (AvgIpc) is 3.50. The van der Waals surface area contributed by atoms with Gasteiger partial charge in [0, 0.05) is 50.2 Å². The highest BCUT2D eigenvalue weighted by Gasteiger charge is 2.39. The molecule has 228 valence electrons. The van der Waals surface area contributed by atoms with E-state index in [2.05, 4.69) is 135 Å². The Kier molecular flexibility index (Phi) is 6.69. The fourth-order valence-electron chi connectivity index (χ4n) is 7.53. The van der Waals surface area contributed by atoms with Gasteiger partial charge in [-0.05, 0) is 46.5 Å². The molecule has 3 heterocycles. The van der Waals surface area contributed by atoms with Gasteiger partial charge in [0.05, 0.1) is 11.4 Å². The second-order valence-corrected chi connectivity index (χ2v) is 14.5. The Morgan fingerprint density at radius 1 is 0.723 bits per heavy atom. The van der Waals surface area contributed by atoms with Gasteiger partial charge in [-0.1, -0.05) is 129 Å². The molecule has 47 heavy (non-hydrogen) atoms. The minimum Gasteiger partial charge on any atom is -0.485 e. The van der Waals surface area contributed by atoms with Crippen molar-refractivity contribution in [1.29, 1.82) is 0 Å². The first-order chi connectivity index (χ1) is 23.0. The fraction of sp³-hybridized carbons (Fsp3) is 0.163. The van der Waals surface area contributed by atoms with Gasteiger partial charge in [0.15, 0.2) is 5.82 Å². The van der Waals surface area contributed by atoms with Crippen molar-refractivity contribution in [3.8, 4) is 50.8 Å². The van der Waals surface area contributed by atoms with Gasteiger partial charge in [-0.3, -0.25) is 0 Å². The van der Waals surface area contributed by atoms with Crippen LogP contribution in [0.4, 0.5) is 0 Å². The molecule has 2 aliphatic carbocycles. The maximum Gasteiger partial charge on any atom is 0.160 e. The molecule has 3 atom stereocenters. The normalized spacial score (nSPS) is 21.2. The highest BCUT2D eigenvalue weighted by atomic mass is 32.2. The van der Waals surface area contributed by atoms with Crippen molar-refractivity contribution in [1.82, 2.24) is 9.97 Å². The number of hydrogen-bond acceptors (Lipinski definition) is 4. The summed E-state index contributed by atoms with van der Waals surface area (Å²) in [4.78, 5) is 11.7. The smallest absolute Gasteiger partial charge is 0.160 e. The third kappa shape index (κ3) is 4.82. The van der Waals surface area contributed by atoms with Gasteiger partial charge >= 0.3 is 0 Å². The van der Waals surface area contributed by atoms with E-state index in [0.29, 0.717) is 11.2 Å². The molecular weight excluding hydrogens is 593 g/mol. The topological polar surface area (TPSA) is 35.0 Å². The van der Waals surface area contributed by atoms with Gasteiger partial charge in [0.2, 0.25) is 0 Å². The first-order valence-corrected chi connectivity index (χ1v) is 17.3. The van der Waals surface area contributed by atoms with Crippen molar-refractivity contribution in [2.24, 2.45) is 0 Å². The van der Waals surface area contributed by atoms with E-state index in [1.165, 1.54) is 21.6 Å². The van der Waals surface area contributed by atoms with E-state index in [0.717, 1.165) is 57.2 Å². The monoisotopic (exact) mass is 626 g/mol. The Balaban J connectivity index is 1.17. The molecule has 4 heteroatoms. The second-order valence-electron chi connectivity index (χ2n) is 13.2. The molecule has 0 amide bonds. The number of ether oxygens (including phenoxy) is 1. The molecule has 0 bridgehead atoms. The summed E-state index contributed by atoms with van der Waals surface area (Å²) in [7, 11) is 0. The number of aromatic nitrogens is 2. The number of rotatable bonds is 4. The standard InChI is InChI=1S/C43H34N2OS/c1-43(2)34-17-9-10-18-38(34)46-39-23-21-28(24-35(39)43)30-14-6-7-15-31(30)37-26-36(44-42(45-37)27-12-4-3-5-13-27)29-20-22-33-32-16-8-11-19-40(32)47-41(33)25-29/h3-17,19-26,32,38,40H,18H2,1-2H3. The van der Waals surface area contributed by atoms with Crippen LogP contribution in [0, 0.1) is 0 Å². The first-order valence-electron chi connectivity index (χ1n) is 16.4. The zero-order valence-corrected chi connectivity index (χ0v) is 27.2. The molecule has 1 aromatic heterocycles. The lowest BCUT2D eigenvalue weighted by Crippen LogP contribution is -2.38. The van der Waals surface area contributed by atoms with Crippen LogP contribution in [0.15, 0.2) is 150 Å². The van der Waals surface area contributed by atoms with Crippen LogP contribution in [0.25, 0.3) is 45.0 Å². The number of allylic oxidation sites excluding steroid dienone is 5. The highest BCUT2D eigenvalue weighted by Crippen LogP contribution is 2.50. The third-order valence-electron chi connectivity index (χ3n) is 10.0. The number of benzene rings is 4. The largest absolute Gasteiger partial charge is 0.485 e. The predicted octanol–water partition coefficient (Wildman–Crippen LogP) is 10.8. The van der Waals surface area contributed by atoms with Crippen molar-refractivity contribution in [3.63, 3.8) is 0 Å². The Morgan fingerprint density at radius 2 is 1.51 bits per heavy atom. The lowest BCUT2D eigenvalue weighted by Gasteiger charge is -2.41. The molecule has 0 N–H and O–H groups in total. The maximum atomic E-state index is 6.52. The van der Waals surface area contributed by atoms with E-state index < -0.39 is 0 Å². The Bertz CT molecular complexity index is 2170. The molecule has 0 saturated heterocycles. The molecule has 0 saturated carbocycles. The van der Waals surface area contributed by atoms with E-state index in [-0.39, 0.29) is 11.5 Å². The number of hydrogen-bond donors (Lipinski definition) is 0. The number of nitrogens with zero attached hydrogens (tertiary/aromatic N) is 2. The summed E-state index contributed by atoms with van der Waals surface area (Å²) in [5.74, 6) is 2.14. The summed E-state index contributed by atoms with van der Waals surface area (Å²) in [6.45, 7) is 4.64. The fourth-order valence-corrected chi connectivity index (χ4v) is 8.92. The minimum absolute atomic E-state index is 0.103. The van der Waals surface area contributed by atoms with Gasteiger partial charge in [-0.25, -0.2) is 9.97 Å². The molecule has 4 aliphatic rings. The third-order valence-corrected chi connectivity index (χ3v) is 11.4. The van der Waals surface area contributed by atoms with E-state index in [1.54, 1.807) is 0 Å². The SMILES string of the molecule is CC1(C)C2=CC=CCC2Oc2ccc(-c3ccccc3-c3cc(-c4ccc5c(c4)SC4C=CC=CC54)nc(-c4ccccc4)n3)cc21. The maximum absolute atomic E-state index is 6.52. The van der Waals surface area contributed by atoms with Gasteiger partial charge in [-0.15, -0.1) is 11.8 Å². The van der Waals surface area contributed by atoms with Crippen molar-refractivity contribution in [2.45, 2.75) is 47.9 Å². The van der Waals surface area contributed by atoms with E-state index in [1.807, 2.05) is 30.0 Å². The summed E-state index contributed by atoms with van der Waals surface area (Å²) in [6, 6.07) is 34.6. The molecule has 9 rings (SSSR count). The highest BCUT2D eigenvalue weighted by molar-refractivity contribution is 8.00. The van der Waals surface area contributed by atoms with Crippen molar-refractivity contribution < 1.29 is 4.74 Å². The molecular formula is C43H34N2OS. The van der Waals surface area contributed by atoms with Crippen LogP contribution < -0.4 is 4.74 Å². The minimum atomic E-state index is -0.134. The molecule has 3 nitrogen and oxygen atoms in total. The molecule has 0 fully saturated rings. The summed E-state index contributed by atoms with van der Waals surface area (Å²) >= 11 is 1.95. The van der Waals surface area contributed by atoms with Crippen LogP contribution in [-0.2, 0) is 5.41 Å². The molecule has 5 aromatic rings. The van der Waals surface area contributed by atoms with E-state index in [4.69, 9.17) is 14.7 Å². The van der Waals surface area contributed by atoms with Gasteiger partial charge in [0.1, 0.15) is 11.9 Å². The Morgan fingerprint density at radius 3 is 2.40 bits per heavy atom. The zero-order chi connectivity index (χ0) is 31.5. The Hall–Kier alpha value is -4.93. The van der Waals surface area contributed by atoms with Crippen LogP contribution in [-0.4, -0.2) is 21.3 Å². The summed E-state index contributed by atoms with van der Waals surface area (Å²) < 4.78 is 6.52. The van der Waals surface area contributed by atoms with E-state index >= 15 is 0 Å². The van der Waals surface area contributed by atoms with E-state index in [9.17, 15) is 0 Å². The predicted molar refractivity (Wildman–Crippen MR) is 194 cm³/mol.